The highest BCUT2D eigenvalue weighted by Crippen LogP contribution is 2.24. The number of nitrogens with zero attached hydrogens (tertiary/aromatic N) is 1. The molecule has 102 valence electrons. The molecule has 0 saturated heterocycles. The Bertz CT molecular complexity index is 354. The van der Waals surface area contributed by atoms with E-state index < -0.39 is 0 Å². The first-order valence-electron chi connectivity index (χ1n) is 6.77. The van der Waals surface area contributed by atoms with Crippen molar-refractivity contribution < 1.29 is 4.74 Å². The molecule has 3 heteroatoms. The zero-order chi connectivity index (χ0) is 13.5. The monoisotopic (exact) mass is 250 g/mol. The summed E-state index contributed by atoms with van der Waals surface area (Å²) in [4.78, 5) is 2.30. The predicted octanol–water partition coefficient (Wildman–Crippen LogP) is 2.82. The standard InChI is InChI=1S/C15H26N2O/c1-5-12(3)17(4)11-14(16)13-9-7-8-10-15(13)18-6-2/h7-10,12,14H,5-6,11,16H2,1-4H3. The van der Waals surface area contributed by atoms with Gasteiger partial charge in [-0.1, -0.05) is 25.1 Å². The average molecular weight is 250 g/mol. The number of likely N-dealkylation sites (N-methyl/N-ethyl adjacent to an activating group) is 1. The molecular weight excluding hydrogens is 224 g/mol. The Kier molecular flexibility index (Phi) is 6.16. The van der Waals surface area contributed by atoms with Crippen LogP contribution in [0.1, 0.15) is 38.8 Å². The fourth-order valence-electron chi connectivity index (χ4n) is 1.97. The molecule has 2 N–H and O–H groups in total. The molecule has 0 aliphatic rings. The van der Waals surface area contributed by atoms with E-state index in [0.717, 1.165) is 24.3 Å². The molecule has 1 rings (SSSR count). The second-order valence-electron chi connectivity index (χ2n) is 4.77. The van der Waals surface area contributed by atoms with Crippen molar-refractivity contribution in [1.29, 1.82) is 0 Å². The maximum Gasteiger partial charge on any atom is 0.124 e. The first kappa shape index (κ1) is 15.0. The van der Waals surface area contributed by atoms with Gasteiger partial charge >= 0.3 is 0 Å². The van der Waals surface area contributed by atoms with E-state index in [1.165, 1.54) is 0 Å². The molecule has 0 spiro atoms. The maximum atomic E-state index is 6.30. The van der Waals surface area contributed by atoms with Crippen LogP contribution < -0.4 is 10.5 Å². The van der Waals surface area contributed by atoms with E-state index in [9.17, 15) is 0 Å². The van der Waals surface area contributed by atoms with Crippen LogP contribution in [0.2, 0.25) is 0 Å². The fraction of sp³-hybridized carbons (Fsp3) is 0.600. The quantitative estimate of drug-likeness (QED) is 0.808. The number of ether oxygens (including phenoxy) is 1. The Morgan fingerprint density at radius 2 is 1.94 bits per heavy atom. The summed E-state index contributed by atoms with van der Waals surface area (Å²) in [6, 6.07) is 8.59. The van der Waals surface area contributed by atoms with Crippen LogP contribution >= 0.6 is 0 Å². The predicted molar refractivity (Wildman–Crippen MR) is 76.9 cm³/mol. The molecule has 0 aromatic heterocycles. The molecule has 3 nitrogen and oxygen atoms in total. The topological polar surface area (TPSA) is 38.5 Å². The molecule has 0 fully saturated rings. The molecule has 0 saturated carbocycles. The van der Waals surface area contributed by atoms with Gasteiger partial charge in [0.05, 0.1) is 6.61 Å². The summed E-state index contributed by atoms with van der Waals surface area (Å²) in [7, 11) is 2.12. The summed E-state index contributed by atoms with van der Waals surface area (Å²) in [6.07, 6.45) is 1.14. The normalized spacial score (nSPS) is 14.6. The highest BCUT2D eigenvalue weighted by Gasteiger charge is 2.16. The van der Waals surface area contributed by atoms with E-state index in [0.29, 0.717) is 12.6 Å². The Morgan fingerprint density at radius 1 is 1.28 bits per heavy atom. The number of nitrogens with two attached hydrogens (primary N) is 1. The van der Waals surface area contributed by atoms with Crippen molar-refractivity contribution >= 4 is 0 Å². The Labute approximate surface area is 111 Å². The minimum atomic E-state index is -0.00764. The largest absolute Gasteiger partial charge is 0.494 e. The van der Waals surface area contributed by atoms with Gasteiger partial charge in [0.15, 0.2) is 0 Å². The lowest BCUT2D eigenvalue weighted by molar-refractivity contribution is 0.235. The van der Waals surface area contributed by atoms with E-state index in [-0.39, 0.29) is 6.04 Å². The third kappa shape index (κ3) is 4.00. The number of para-hydroxylation sites is 1. The molecule has 18 heavy (non-hydrogen) atoms. The number of benzene rings is 1. The molecule has 0 amide bonds. The van der Waals surface area contributed by atoms with Gasteiger partial charge in [-0.05, 0) is 33.4 Å². The van der Waals surface area contributed by atoms with Crippen molar-refractivity contribution in [3.8, 4) is 5.75 Å². The highest BCUT2D eigenvalue weighted by atomic mass is 16.5. The smallest absolute Gasteiger partial charge is 0.124 e. The molecule has 1 aromatic rings. The van der Waals surface area contributed by atoms with Gasteiger partial charge in [0.25, 0.3) is 0 Å². The van der Waals surface area contributed by atoms with Crippen molar-refractivity contribution in [2.75, 3.05) is 20.2 Å². The van der Waals surface area contributed by atoms with E-state index in [4.69, 9.17) is 10.5 Å². The van der Waals surface area contributed by atoms with Crippen LogP contribution in [-0.4, -0.2) is 31.1 Å². The van der Waals surface area contributed by atoms with Gasteiger partial charge in [-0.2, -0.15) is 0 Å². The van der Waals surface area contributed by atoms with Gasteiger partial charge in [-0.25, -0.2) is 0 Å². The fourth-order valence-corrected chi connectivity index (χ4v) is 1.97. The Balaban J connectivity index is 2.74. The second kappa shape index (κ2) is 7.39. The van der Waals surface area contributed by atoms with Crippen molar-refractivity contribution in [2.24, 2.45) is 5.73 Å². The van der Waals surface area contributed by atoms with Crippen LogP contribution in [0.4, 0.5) is 0 Å². The summed E-state index contributed by atoms with van der Waals surface area (Å²) in [6.45, 7) is 7.93. The summed E-state index contributed by atoms with van der Waals surface area (Å²) in [5, 5.41) is 0. The molecular formula is C15H26N2O. The molecule has 0 aliphatic carbocycles. The van der Waals surface area contributed by atoms with Crippen molar-refractivity contribution in [3.05, 3.63) is 29.8 Å². The number of rotatable bonds is 7. The zero-order valence-electron chi connectivity index (χ0n) is 12.0. The van der Waals surface area contributed by atoms with Crippen LogP contribution in [0, 0.1) is 0 Å². The lowest BCUT2D eigenvalue weighted by Crippen LogP contribution is -2.35. The van der Waals surface area contributed by atoms with Crippen LogP contribution in [0.5, 0.6) is 5.75 Å². The van der Waals surface area contributed by atoms with Crippen molar-refractivity contribution in [3.63, 3.8) is 0 Å². The average Bonchev–Trinajstić information content (AvgIpc) is 2.38. The lowest BCUT2D eigenvalue weighted by Gasteiger charge is -2.27. The molecule has 1 aromatic carbocycles. The van der Waals surface area contributed by atoms with Crippen LogP contribution in [0.3, 0.4) is 0 Å². The Hall–Kier alpha value is -1.06. The first-order valence-corrected chi connectivity index (χ1v) is 6.77. The molecule has 2 atom stereocenters. The van der Waals surface area contributed by atoms with Crippen LogP contribution in [0.25, 0.3) is 0 Å². The second-order valence-corrected chi connectivity index (χ2v) is 4.77. The number of hydrogen-bond donors (Lipinski definition) is 1. The zero-order valence-corrected chi connectivity index (χ0v) is 12.0. The van der Waals surface area contributed by atoms with Crippen LogP contribution in [-0.2, 0) is 0 Å². The summed E-state index contributed by atoms with van der Waals surface area (Å²) < 4.78 is 5.63. The summed E-state index contributed by atoms with van der Waals surface area (Å²) in [5.74, 6) is 0.907. The maximum absolute atomic E-state index is 6.30. The van der Waals surface area contributed by atoms with Gasteiger partial charge in [0, 0.05) is 24.2 Å². The first-order chi connectivity index (χ1) is 8.60. The lowest BCUT2D eigenvalue weighted by atomic mass is 10.1. The van der Waals surface area contributed by atoms with E-state index in [2.05, 4.69) is 31.9 Å². The van der Waals surface area contributed by atoms with E-state index in [1.54, 1.807) is 0 Å². The molecule has 0 aliphatic heterocycles. The molecule has 0 heterocycles. The van der Waals surface area contributed by atoms with Gasteiger partial charge < -0.3 is 15.4 Å². The number of hydrogen-bond acceptors (Lipinski definition) is 3. The minimum Gasteiger partial charge on any atom is -0.494 e. The molecule has 0 radical (unpaired) electrons. The summed E-state index contributed by atoms with van der Waals surface area (Å²) >= 11 is 0. The third-order valence-corrected chi connectivity index (χ3v) is 3.45. The van der Waals surface area contributed by atoms with Crippen molar-refractivity contribution in [1.82, 2.24) is 4.90 Å². The van der Waals surface area contributed by atoms with Crippen LogP contribution in [0.15, 0.2) is 24.3 Å². The van der Waals surface area contributed by atoms with Gasteiger partial charge in [-0.15, -0.1) is 0 Å². The Morgan fingerprint density at radius 3 is 2.56 bits per heavy atom. The van der Waals surface area contributed by atoms with Gasteiger partial charge in [0.2, 0.25) is 0 Å². The SMILES string of the molecule is CCOc1ccccc1C(N)CN(C)C(C)CC. The van der Waals surface area contributed by atoms with Crippen molar-refractivity contribution in [2.45, 2.75) is 39.3 Å². The highest BCUT2D eigenvalue weighted by molar-refractivity contribution is 5.35. The molecule has 2 unspecified atom stereocenters. The molecule has 0 bridgehead atoms. The summed E-state index contributed by atoms with van der Waals surface area (Å²) in [5.41, 5.74) is 7.39. The van der Waals surface area contributed by atoms with E-state index >= 15 is 0 Å². The van der Waals surface area contributed by atoms with E-state index in [1.807, 2.05) is 25.1 Å². The third-order valence-electron chi connectivity index (χ3n) is 3.45. The van der Waals surface area contributed by atoms with Gasteiger partial charge in [0.1, 0.15) is 5.75 Å². The minimum absolute atomic E-state index is 0.00764. The van der Waals surface area contributed by atoms with Gasteiger partial charge in [-0.3, -0.25) is 0 Å².